The van der Waals surface area contributed by atoms with Gasteiger partial charge in [0, 0.05) is 12.1 Å². The molecule has 0 aliphatic carbocycles. The van der Waals surface area contributed by atoms with Gasteiger partial charge in [-0.05, 0) is 47.4 Å². The van der Waals surface area contributed by atoms with Crippen LogP contribution < -0.4 is 13.9 Å². The van der Waals surface area contributed by atoms with Crippen LogP contribution in [-0.2, 0) is 18.1 Å². The summed E-state index contributed by atoms with van der Waals surface area (Å²) in [5.74, 6) is 3.09. The van der Waals surface area contributed by atoms with Crippen LogP contribution in [-0.4, -0.2) is 4.57 Å². The fraction of sp³-hybridized carbons (Fsp3) is 0.200. The van der Waals surface area contributed by atoms with Crippen LogP contribution in [0.15, 0.2) is 79.0 Å². The lowest BCUT2D eigenvalue weighted by Gasteiger charge is -2.28. The Morgan fingerprint density at radius 2 is 1.53 bits per heavy atom. The van der Waals surface area contributed by atoms with E-state index in [1.54, 1.807) is 0 Å². The minimum absolute atomic E-state index is 0.0658. The SMILES string of the molecule is C[n+]1c2n(c3ccccc31)C13c4c(cccc4-c4cc(C(C)(C)C)cc[n+]41)Oc1cccc-2c13. The summed E-state index contributed by atoms with van der Waals surface area (Å²) in [4.78, 5) is 0. The quantitative estimate of drug-likeness (QED) is 0.287. The summed E-state index contributed by atoms with van der Waals surface area (Å²) >= 11 is 0. The normalized spacial score (nSPS) is 18.4. The summed E-state index contributed by atoms with van der Waals surface area (Å²) in [5, 5.41) is 0. The van der Waals surface area contributed by atoms with E-state index in [2.05, 4.69) is 121 Å². The molecule has 2 aromatic heterocycles. The number of imidazole rings is 1. The minimum Gasteiger partial charge on any atom is -0.456 e. The van der Waals surface area contributed by atoms with Gasteiger partial charge in [-0.2, -0.15) is 4.57 Å². The molecule has 0 saturated heterocycles. The first-order valence-electron chi connectivity index (χ1n) is 11.9. The van der Waals surface area contributed by atoms with Crippen molar-refractivity contribution < 1.29 is 13.9 Å². The molecule has 0 fully saturated rings. The summed E-state index contributed by atoms with van der Waals surface area (Å²) in [6, 6.07) is 26.4. The van der Waals surface area contributed by atoms with Gasteiger partial charge in [0.05, 0.1) is 18.2 Å². The lowest BCUT2D eigenvalue weighted by atomic mass is 9.86. The van der Waals surface area contributed by atoms with E-state index in [0.29, 0.717) is 0 Å². The average Bonchev–Trinajstić information content (AvgIpc) is 3.42. The number of hydrogen-bond acceptors (Lipinski definition) is 1. The fourth-order valence-corrected chi connectivity index (χ4v) is 6.57. The largest absolute Gasteiger partial charge is 0.456 e. The third-order valence-corrected chi connectivity index (χ3v) is 7.99. The maximum absolute atomic E-state index is 6.60. The number of para-hydroxylation sites is 2. The predicted octanol–water partition coefficient (Wildman–Crippen LogP) is 5.42. The molecule has 1 spiro atoms. The number of ether oxygens (including phenoxy) is 1. The number of aromatic nitrogens is 3. The van der Waals surface area contributed by atoms with Gasteiger partial charge < -0.3 is 4.74 Å². The summed E-state index contributed by atoms with van der Waals surface area (Å²) in [5.41, 5.74) is 9.53. The van der Waals surface area contributed by atoms with Crippen molar-refractivity contribution in [2.75, 3.05) is 0 Å². The molecule has 0 bridgehead atoms. The third kappa shape index (κ3) is 1.83. The molecule has 4 nitrogen and oxygen atoms in total. The number of aryl methyl sites for hydroxylation is 1. The van der Waals surface area contributed by atoms with Crippen LogP contribution >= 0.6 is 0 Å². The molecule has 0 N–H and O–H groups in total. The first-order valence-corrected chi connectivity index (χ1v) is 11.9. The Morgan fingerprint density at radius 1 is 0.824 bits per heavy atom. The third-order valence-electron chi connectivity index (χ3n) is 7.99. The number of pyridine rings is 1. The standard InChI is InChI=1S/C30H25N3O/c1-29(2,3)18-15-16-32-23(17-18)19-9-7-13-24-26(19)30(32)27-20(10-8-14-25(27)34-24)28-31(4)21-11-5-6-12-22(21)33(28)30/h5-17H,1-4H3/q+2. The molecule has 0 amide bonds. The van der Waals surface area contributed by atoms with Gasteiger partial charge in [0.25, 0.3) is 5.82 Å². The van der Waals surface area contributed by atoms with E-state index in [4.69, 9.17) is 4.74 Å². The highest BCUT2D eigenvalue weighted by atomic mass is 16.5. The van der Waals surface area contributed by atoms with Crippen molar-refractivity contribution in [1.29, 1.82) is 0 Å². The van der Waals surface area contributed by atoms with Crippen molar-refractivity contribution in [3.63, 3.8) is 0 Å². The van der Waals surface area contributed by atoms with Crippen molar-refractivity contribution in [3.05, 3.63) is 95.7 Å². The van der Waals surface area contributed by atoms with Gasteiger partial charge in [0.15, 0.2) is 17.2 Å². The first kappa shape index (κ1) is 18.5. The number of fused-ring (bicyclic) bond motifs is 6. The molecule has 5 heterocycles. The highest BCUT2D eigenvalue weighted by Gasteiger charge is 2.70. The van der Waals surface area contributed by atoms with E-state index >= 15 is 0 Å². The first-order chi connectivity index (χ1) is 16.4. The zero-order valence-corrected chi connectivity index (χ0v) is 19.8. The zero-order valence-electron chi connectivity index (χ0n) is 19.8. The smallest absolute Gasteiger partial charge is 0.372 e. The Balaban J connectivity index is 1.64. The van der Waals surface area contributed by atoms with Crippen LogP contribution in [0, 0.1) is 0 Å². The van der Waals surface area contributed by atoms with Crippen LogP contribution in [0.2, 0.25) is 0 Å². The van der Waals surface area contributed by atoms with E-state index in [-0.39, 0.29) is 5.41 Å². The topological polar surface area (TPSA) is 21.9 Å². The van der Waals surface area contributed by atoms with Gasteiger partial charge in [-0.1, -0.05) is 45.0 Å². The van der Waals surface area contributed by atoms with Crippen LogP contribution in [0.25, 0.3) is 33.7 Å². The van der Waals surface area contributed by atoms with Crippen molar-refractivity contribution in [3.8, 4) is 34.1 Å². The van der Waals surface area contributed by atoms with Crippen molar-refractivity contribution in [2.24, 2.45) is 7.05 Å². The van der Waals surface area contributed by atoms with Gasteiger partial charge in [-0.15, -0.1) is 4.57 Å². The van der Waals surface area contributed by atoms with Gasteiger partial charge in [0.2, 0.25) is 5.69 Å². The molecular formula is C30H25N3O+2. The molecular weight excluding hydrogens is 418 g/mol. The number of hydrogen-bond donors (Lipinski definition) is 0. The molecule has 4 heteroatoms. The molecule has 3 aliphatic heterocycles. The summed E-state index contributed by atoms with van der Waals surface area (Å²) in [6.45, 7) is 6.84. The molecule has 0 radical (unpaired) electrons. The molecule has 3 aliphatic rings. The molecule has 34 heavy (non-hydrogen) atoms. The van der Waals surface area contributed by atoms with Gasteiger partial charge in [-0.25, -0.2) is 4.57 Å². The molecule has 8 rings (SSSR count). The maximum atomic E-state index is 6.60. The Kier molecular flexibility index (Phi) is 3.04. The Morgan fingerprint density at radius 3 is 2.29 bits per heavy atom. The van der Waals surface area contributed by atoms with Crippen molar-refractivity contribution >= 4 is 11.0 Å². The highest BCUT2D eigenvalue weighted by Crippen LogP contribution is 2.60. The average molecular weight is 444 g/mol. The van der Waals surface area contributed by atoms with E-state index in [1.807, 2.05) is 0 Å². The molecule has 0 saturated carbocycles. The number of benzene rings is 3. The van der Waals surface area contributed by atoms with Gasteiger partial charge >= 0.3 is 5.66 Å². The lowest BCUT2D eigenvalue weighted by Crippen LogP contribution is -2.59. The Hall–Kier alpha value is -3.92. The maximum Gasteiger partial charge on any atom is 0.372 e. The minimum atomic E-state index is -0.516. The van der Waals surface area contributed by atoms with Crippen molar-refractivity contribution in [1.82, 2.24) is 4.57 Å². The Labute approximate surface area is 198 Å². The molecule has 5 aromatic rings. The number of nitrogens with zero attached hydrogens (tertiary/aromatic N) is 3. The van der Waals surface area contributed by atoms with Gasteiger partial charge in [0.1, 0.15) is 22.6 Å². The van der Waals surface area contributed by atoms with E-state index in [9.17, 15) is 0 Å². The van der Waals surface area contributed by atoms with Crippen LogP contribution in [0.3, 0.4) is 0 Å². The van der Waals surface area contributed by atoms with Crippen molar-refractivity contribution in [2.45, 2.75) is 31.8 Å². The fourth-order valence-electron chi connectivity index (χ4n) is 6.57. The number of rotatable bonds is 0. The lowest BCUT2D eigenvalue weighted by molar-refractivity contribution is -0.734. The predicted molar refractivity (Wildman–Crippen MR) is 131 cm³/mol. The summed E-state index contributed by atoms with van der Waals surface area (Å²) in [7, 11) is 2.18. The monoisotopic (exact) mass is 443 g/mol. The van der Waals surface area contributed by atoms with Gasteiger partial charge in [-0.3, -0.25) is 0 Å². The van der Waals surface area contributed by atoms with E-state index < -0.39 is 5.66 Å². The molecule has 164 valence electrons. The van der Waals surface area contributed by atoms with Crippen LogP contribution in [0.1, 0.15) is 37.5 Å². The second-order valence-corrected chi connectivity index (χ2v) is 10.8. The van der Waals surface area contributed by atoms with E-state index in [0.717, 1.165) is 11.5 Å². The second-order valence-electron chi connectivity index (χ2n) is 10.8. The highest BCUT2D eigenvalue weighted by molar-refractivity contribution is 5.87. The van der Waals surface area contributed by atoms with Crippen LogP contribution in [0.5, 0.6) is 11.5 Å². The summed E-state index contributed by atoms with van der Waals surface area (Å²) in [6.07, 6.45) is 2.30. The second kappa shape index (κ2) is 5.58. The molecule has 1 atom stereocenters. The molecule has 3 aromatic carbocycles. The van der Waals surface area contributed by atoms with E-state index in [1.165, 1.54) is 50.4 Å². The zero-order chi connectivity index (χ0) is 23.0. The Bertz CT molecular complexity index is 1740. The summed E-state index contributed by atoms with van der Waals surface area (Å²) < 4.78 is 14.0. The molecule has 1 unspecified atom stereocenters. The van der Waals surface area contributed by atoms with Crippen LogP contribution in [0.4, 0.5) is 0 Å².